The van der Waals surface area contributed by atoms with Crippen molar-refractivity contribution < 1.29 is 9.59 Å². The predicted octanol–water partition coefficient (Wildman–Crippen LogP) is 3.99. The van der Waals surface area contributed by atoms with Crippen LogP contribution in [0.3, 0.4) is 0 Å². The fourth-order valence-electron chi connectivity index (χ4n) is 3.56. The van der Waals surface area contributed by atoms with Crippen LogP contribution >= 0.6 is 11.6 Å². The number of hydrogen-bond donors (Lipinski definition) is 1. The Bertz CT molecular complexity index is 971. The maximum atomic E-state index is 13.0. The Morgan fingerprint density at radius 2 is 1.86 bits per heavy atom. The lowest BCUT2D eigenvalue weighted by molar-refractivity contribution is -0.126. The minimum absolute atomic E-state index is 0.0819. The van der Waals surface area contributed by atoms with Crippen molar-refractivity contribution in [2.45, 2.75) is 12.5 Å². The molecule has 4 rings (SSSR count). The molecule has 0 aliphatic carbocycles. The SMILES string of the molecule is O=C(N[C@H](c1ccccc1)c1ccccn1)[C@@H]1CC(=O)N(c2cccc(Cl)c2)C1. The summed E-state index contributed by atoms with van der Waals surface area (Å²) in [6.45, 7) is 0.328. The van der Waals surface area contributed by atoms with E-state index in [1.165, 1.54) is 0 Å². The molecule has 1 saturated heterocycles. The van der Waals surface area contributed by atoms with Gasteiger partial charge in [-0.2, -0.15) is 0 Å². The van der Waals surface area contributed by atoms with E-state index in [1.54, 1.807) is 29.3 Å². The number of nitrogens with one attached hydrogen (secondary N) is 1. The molecule has 6 heteroatoms. The van der Waals surface area contributed by atoms with Crippen LogP contribution in [0, 0.1) is 5.92 Å². The Kier molecular flexibility index (Phi) is 5.58. The lowest BCUT2D eigenvalue weighted by atomic mass is 10.0. The van der Waals surface area contributed by atoms with Crippen LogP contribution in [0.2, 0.25) is 5.02 Å². The molecule has 2 aromatic carbocycles. The van der Waals surface area contributed by atoms with Gasteiger partial charge in [-0.25, -0.2) is 0 Å². The third kappa shape index (κ3) is 4.30. The van der Waals surface area contributed by atoms with Crippen molar-refractivity contribution in [2.75, 3.05) is 11.4 Å². The number of halogens is 1. The first-order chi connectivity index (χ1) is 14.1. The summed E-state index contributed by atoms with van der Waals surface area (Å²) in [4.78, 5) is 31.6. The molecule has 1 fully saturated rings. The Balaban J connectivity index is 1.53. The van der Waals surface area contributed by atoms with Crippen LogP contribution in [-0.4, -0.2) is 23.3 Å². The molecule has 1 aromatic heterocycles. The van der Waals surface area contributed by atoms with Crippen LogP contribution in [-0.2, 0) is 9.59 Å². The second-order valence-corrected chi connectivity index (χ2v) is 7.43. The van der Waals surface area contributed by atoms with Gasteiger partial charge in [-0.15, -0.1) is 0 Å². The molecule has 2 amide bonds. The molecule has 29 heavy (non-hydrogen) atoms. The Morgan fingerprint density at radius 1 is 1.07 bits per heavy atom. The molecule has 0 radical (unpaired) electrons. The van der Waals surface area contributed by atoms with Gasteiger partial charge in [0.15, 0.2) is 0 Å². The first-order valence-electron chi connectivity index (χ1n) is 9.44. The summed E-state index contributed by atoms with van der Waals surface area (Å²) in [5.41, 5.74) is 2.40. The molecule has 2 heterocycles. The maximum Gasteiger partial charge on any atom is 0.227 e. The number of carbonyl (C=O) groups excluding carboxylic acids is 2. The van der Waals surface area contributed by atoms with Crippen molar-refractivity contribution in [3.63, 3.8) is 0 Å². The minimum Gasteiger partial charge on any atom is -0.343 e. The quantitative estimate of drug-likeness (QED) is 0.698. The third-order valence-corrected chi connectivity index (χ3v) is 5.25. The molecule has 0 unspecified atom stereocenters. The zero-order valence-electron chi connectivity index (χ0n) is 15.7. The van der Waals surface area contributed by atoms with Crippen LogP contribution in [0.15, 0.2) is 79.0 Å². The topological polar surface area (TPSA) is 62.3 Å². The fraction of sp³-hybridized carbons (Fsp3) is 0.174. The van der Waals surface area contributed by atoms with E-state index in [0.717, 1.165) is 11.3 Å². The largest absolute Gasteiger partial charge is 0.343 e. The van der Waals surface area contributed by atoms with Crippen LogP contribution in [0.1, 0.15) is 23.7 Å². The van der Waals surface area contributed by atoms with E-state index < -0.39 is 5.92 Å². The Morgan fingerprint density at radius 3 is 2.59 bits per heavy atom. The molecule has 1 aliphatic heterocycles. The molecule has 5 nitrogen and oxygen atoms in total. The summed E-state index contributed by atoms with van der Waals surface area (Å²) in [6.07, 6.45) is 1.87. The fourth-order valence-corrected chi connectivity index (χ4v) is 3.74. The van der Waals surface area contributed by atoms with Crippen LogP contribution in [0.25, 0.3) is 0 Å². The van der Waals surface area contributed by atoms with Gasteiger partial charge in [0.05, 0.1) is 17.7 Å². The lowest BCUT2D eigenvalue weighted by Crippen LogP contribution is -2.36. The number of nitrogens with zero attached hydrogens (tertiary/aromatic N) is 2. The summed E-state index contributed by atoms with van der Waals surface area (Å²) in [6, 6.07) is 22.1. The van der Waals surface area contributed by atoms with E-state index in [2.05, 4.69) is 10.3 Å². The first-order valence-corrected chi connectivity index (χ1v) is 9.82. The Hall–Kier alpha value is -3.18. The van der Waals surface area contributed by atoms with E-state index in [1.807, 2.05) is 54.6 Å². The predicted molar refractivity (Wildman–Crippen MR) is 113 cm³/mol. The molecule has 1 N–H and O–H groups in total. The number of carbonyl (C=O) groups is 2. The molecule has 0 spiro atoms. The van der Waals surface area contributed by atoms with Crippen LogP contribution < -0.4 is 10.2 Å². The summed E-state index contributed by atoms with van der Waals surface area (Å²) in [7, 11) is 0. The number of anilines is 1. The van der Waals surface area contributed by atoms with E-state index in [-0.39, 0.29) is 24.3 Å². The molecular weight excluding hydrogens is 386 g/mol. The second-order valence-electron chi connectivity index (χ2n) is 6.99. The van der Waals surface area contributed by atoms with Gasteiger partial charge in [0.1, 0.15) is 0 Å². The molecular formula is C23H20ClN3O2. The number of benzene rings is 2. The minimum atomic E-state index is -0.434. The van der Waals surface area contributed by atoms with Crippen LogP contribution in [0.4, 0.5) is 5.69 Å². The van der Waals surface area contributed by atoms with Gasteiger partial charge in [-0.05, 0) is 35.9 Å². The maximum absolute atomic E-state index is 13.0. The van der Waals surface area contributed by atoms with Crippen molar-refractivity contribution in [1.29, 1.82) is 0 Å². The number of pyridine rings is 1. The first kappa shape index (κ1) is 19.2. The number of hydrogen-bond acceptors (Lipinski definition) is 3. The van der Waals surface area contributed by atoms with Gasteiger partial charge < -0.3 is 10.2 Å². The van der Waals surface area contributed by atoms with E-state index in [4.69, 9.17) is 11.6 Å². The van der Waals surface area contributed by atoms with Gasteiger partial charge in [0, 0.05) is 29.9 Å². The van der Waals surface area contributed by atoms with Gasteiger partial charge in [-0.3, -0.25) is 14.6 Å². The van der Waals surface area contributed by atoms with E-state index >= 15 is 0 Å². The van der Waals surface area contributed by atoms with Gasteiger partial charge >= 0.3 is 0 Å². The van der Waals surface area contributed by atoms with Crippen LogP contribution in [0.5, 0.6) is 0 Å². The van der Waals surface area contributed by atoms with Gasteiger partial charge in [-0.1, -0.05) is 54.1 Å². The highest BCUT2D eigenvalue weighted by Gasteiger charge is 2.36. The number of amides is 2. The summed E-state index contributed by atoms with van der Waals surface area (Å²) < 4.78 is 0. The highest BCUT2D eigenvalue weighted by molar-refractivity contribution is 6.31. The summed E-state index contributed by atoms with van der Waals surface area (Å²) in [5.74, 6) is -0.680. The zero-order chi connectivity index (χ0) is 20.2. The highest BCUT2D eigenvalue weighted by atomic mass is 35.5. The summed E-state index contributed by atoms with van der Waals surface area (Å²) >= 11 is 6.05. The van der Waals surface area contributed by atoms with E-state index in [9.17, 15) is 9.59 Å². The second kappa shape index (κ2) is 8.45. The monoisotopic (exact) mass is 405 g/mol. The standard InChI is InChI=1S/C23H20ClN3O2/c24-18-9-6-10-19(14-18)27-15-17(13-21(27)28)23(29)26-22(16-7-2-1-3-8-16)20-11-4-5-12-25-20/h1-12,14,17,22H,13,15H2,(H,26,29)/t17-,22-/m1/s1. The average Bonchev–Trinajstić information content (AvgIpc) is 3.15. The van der Waals surface area contributed by atoms with Crippen molar-refractivity contribution in [3.8, 4) is 0 Å². The zero-order valence-corrected chi connectivity index (χ0v) is 16.4. The third-order valence-electron chi connectivity index (χ3n) is 5.02. The lowest BCUT2D eigenvalue weighted by Gasteiger charge is -2.21. The highest BCUT2D eigenvalue weighted by Crippen LogP contribution is 2.28. The van der Waals surface area contributed by atoms with Crippen molar-refractivity contribution in [1.82, 2.24) is 10.3 Å². The average molecular weight is 406 g/mol. The normalized spacial score (nSPS) is 17.2. The smallest absolute Gasteiger partial charge is 0.227 e. The van der Waals surface area contributed by atoms with Crippen molar-refractivity contribution >= 4 is 29.1 Å². The molecule has 0 bridgehead atoms. The molecule has 1 aliphatic rings. The molecule has 2 atom stereocenters. The number of rotatable bonds is 5. The van der Waals surface area contributed by atoms with Crippen molar-refractivity contribution in [3.05, 3.63) is 95.3 Å². The Labute approximate surface area is 174 Å². The molecule has 3 aromatic rings. The van der Waals surface area contributed by atoms with E-state index in [0.29, 0.717) is 17.3 Å². The van der Waals surface area contributed by atoms with Crippen molar-refractivity contribution in [2.24, 2.45) is 5.92 Å². The van der Waals surface area contributed by atoms with Gasteiger partial charge in [0.25, 0.3) is 0 Å². The molecule has 146 valence electrons. The molecule has 0 saturated carbocycles. The number of aromatic nitrogens is 1. The summed E-state index contributed by atoms with van der Waals surface area (Å²) in [5, 5.41) is 3.65. The van der Waals surface area contributed by atoms with Gasteiger partial charge in [0.2, 0.25) is 11.8 Å².